The lowest BCUT2D eigenvalue weighted by molar-refractivity contribution is -0.137. The van der Waals surface area contributed by atoms with Gasteiger partial charge in [0.2, 0.25) is 11.7 Å². The number of ether oxygens (including phenoxy) is 1. The van der Waals surface area contributed by atoms with E-state index in [0.717, 1.165) is 0 Å². The number of carbonyl (C=O) groups excluding carboxylic acids is 3. The van der Waals surface area contributed by atoms with Crippen LogP contribution in [0.25, 0.3) is 11.0 Å². The van der Waals surface area contributed by atoms with Crippen LogP contribution >= 0.6 is 11.6 Å². The van der Waals surface area contributed by atoms with E-state index >= 15 is 0 Å². The van der Waals surface area contributed by atoms with E-state index in [9.17, 15) is 14.4 Å². The maximum atomic E-state index is 12.2. The molecule has 1 atom stereocenters. The van der Waals surface area contributed by atoms with Gasteiger partial charge in [0, 0.05) is 23.5 Å². The third-order valence-electron chi connectivity index (χ3n) is 4.18. The number of rotatable bonds is 4. The van der Waals surface area contributed by atoms with E-state index in [0.29, 0.717) is 35.4 Å². The molecule has 1 aromatic carbocycles. The molecule has 1 saturated heterocycles. The van der Waals surface area contributed by atoms with Crippen LogP contribution in [0.5, 0.6) is 0 Å². The van der Waals surface area contributed by atoms with Crippen molar-refractivity contribution in [2.24, 2.45) is 11.7 Å². The zero-order valence-corrected chi connectivity index (χ0v) is 14.1. The summed E-state index contributed by atoms with van der Waals surface area (Å²) in [6.07, 6.45) is 1.36. The van der Waals surface area contributed by atoms with Crippen LogP contribution in [0.4, 0.5) is 0 Å². The van der Waals surface area contributed by atoms with Gasteiger partial charge in [0.1, 0.15) is 5.58 Å². The second-order valence-electron chi connectivity index (χ2n) is 5.95. The van der Waals surface area contributed by atoms with Crippen LogP contribution in [0.15, 0.2) is 28.7 Å². The number of piperidine rings is 1. The Morgan fingerprint density at radius 1 is 1.32 bits per heavy atom. The summed E-state index contributed by atoms with van der Waals surface area (Å²) in [4.78, 5) is 37.0. The van der Waals surface area contributed by atoms with E-state index < -0.39 is 18.5 Å². The minimum absolute atomic E-state index is 0.00118. The molecule has 25 heavy (non-hydrogen) atoms. The van der Waals surface area contributed by atoms with Gasteiger partial charge in [-0.3, -0.25) is 9.59 Å². The first-order chi connectivity index (χ1) is 11.9. The average molecular weight is 365 g/mol. The van der Waals surface area contributed by atoms with Gasteiger partial charge >= 0.3 is 5.97 Å². The van der Waals surface area contributed by atoms with Gasteiger partial charge in [0.15, 0.2) is 6.61 Å². The van der Waals surface area contributed by atoms with Crippen molar-refractivity contribution in [3.63, 3.8) is 0 Å². The van der Waals surface area contributed by atoms with Gasteiger partial charge in [0.05, 0.1) is 5.92 Å². The van der Waals surface area contributed by atoms with Crippen LogP contribution in [-0.4, -0.2) is 42.4 Å². The summed E-state index contributed by atoms with van der Waals surface area (Å²) in [7, 11) is 0. The van der Waals surface area contributed by atoms with E-state index in [1.54, 1.807) is 18.2 Å². The average Bonchev–Trinajstić information content (AvgIpc) is 3.02. The van der Waals surface area contributed by atoms with Crippen LogP contribution in [0.3, 0.4) is 0 Å². The van der Waals surface area contributed by atoms with E-state index in [-0.39, 0.29) is 24.1 Å². The number of hydrogen-bond acceptors (Lipinski definition) is 5. The topological polar surface area (TPSA) is 103 Å². The van der Waals surface area contributed by atoms with Crippen molar-refractivity contribution in [1.29, 1.82) is 0 Å². The Morgan fingerprint density at radius 3 is 2.88 bits per heavy atom. The van der Waals surface area contributed by atoms with Crippen LogP contribution in [-0.2, 0) is 14.3 Å². The normalized spacial score (nSPS) is 17.5. The molecular weight excluding hydrogens is 348 g/mol. The van der Waals surface area contributed by atoms with Crippen molar-refractivity contribution >= 4 is 40.4 Å². The Balaban J connectivity index is 1.59. The molecule has 2 heterocycles. The van der Waals surface area contributed by atoms with Gasteiger partial charge in [-0.25, -0.2) is 4.79 Å². The summed E-state index contributed by atoms with van der Waals surface area (Å²) < 4.78 is 10.4. The highest BCUT2D eigenvalue weighted by Crippen LogP contribution is 2.23. The van der Waals surface area contributed by atoms with E-state index in [1.807, 2.05) is 0 Å². The third kappa shape index (κ3) is 3.93. The first kappa shape index (κ1) is 17.3. The number of esters is 1. The lowest BCUT2D eigenvalue weighted by atomic mass is 9.97. The lowest BCUT2D eigenvalue weighted by Gasteiger charge is -2.30. The van der Waals surface area contributed by atoms with Crippen molar-refractivity contribution in [2.45, 2.75) is 12.8 Å². The molecule has 132 valence electrons. The molecule has 2 N–H and O–H groups in total. The molecule has 1 fully saturated rings. The fourth-order valence-electron chi connectivity index (χ4n) is 2.84. The minimum Gasteiger partial charge on any atom is -0.450 e. The van der Waals surface area contributed by atoms with Crippen LogP contribution < -0.4 is 5.73 Å². The smallest absolute Gasteiger partial charge is 0.374 e. The molecule has 8 heteroatoms. The largest absolute Gasteiger partial charge is 0.450 e. The van der Waals surface area contributed by atoms with Crippen LogP contribution in [0.2, 0.25) is 5.02 Å². The number of nitrogens with zero attached hydrogens (tertiary/aromatic N) is 1. The standard InChI is InChI=1S/C17H17ClN2O5/c18-12-3-4-13-11(6-12)7-14(25-13)17(23)24-9-15(21)20-5-1-2-10(8-20)16(19)22/h3-4,6-7,10H,1-2,5,8-9H2,(H2,19,22)/t10-/m0/s1. The number of benzene rings is 1. The zero-order valence-electron chi connectivity index (χ0n) is 13.4. The number of amides is 2. The van der Waals surface area contributed by atoms with E-state index in [1.165, 1.54) is 11.0 Å². The second-order valence-corrected chi connectivity index (χ2v) is 6.39. The van der Waals surface area contributed by atoms with Crippen molar-refractivity contribution < 1.29 is 23.5 Å². The summed E-state index contributed by atoms with van der Waals surface area (Å²) in [6, 6.07) is 6.48. The second kappa shape index (κ2) is 7.14. The molecule has 2 aromatic rings. The number of likely N-dealkylation sites (tertiary alicyclic amines) is 1. The Bertz CT molecular complexity index is 832. The Morgan fingerprint density at radius 2 is 2.12 bits per heavy atom. The van der Waals surface area contributed by atoms with E-state index in [2.05, 4.69) is 0 Å². The number of halogens is 1. The first-order valence-electron chi connectivity index (χ1n) is 7.87. The Kier molecular flexibility index (Phi) is 4.94. The molecule has 2 amide bonds. The summed E-state index contributed by atoms with van der Waals surface area (Å²) >= 11 is 5.89. The molecule has 0 radical (unpaired) electrons. The number of primary amides is 1. The molecule has 1 aliphatic heterocycles. The number of carbonyl (C=O) groups is 3. The Hall–Kier alpha value is -2.54. The number of nitrogens with two attached hydrogens (primary N) is 1. The van der Waals surface area contributed by atoms with E-state index in [4.69, 9.17) is 26.5 Å². The summed E-state index contributed by atoms with van der Waals surface area (Å²) in [6.45, 7) is 0.361. The van der Waals surface area contributed by atoms with Crippen molar-refractivity contribution in [2.75, 3.05) is 19.7 Å². The van der Waals surface area contributed by atoms with Crippen LogP contribution in [0.1, 0.15) is 23.4 Å². The lowest BCUT2D eigenvalue weighted by Crippen LogP contribution is -2.45. The van der Waals surface area contributed by atoms with Gasteiger partial charge in [-0.1, -0.05) is 11.6 Å². The molecule has 0 aliphatic carbocycles. The summed E-state index contributed by atoms with van der Waals surface area (Å²) in [5, 5.41) is 1.20. The van der Waals surface area contributed by atoms with Gasteiger partial charge in [-0.15, -0.1) is 0 Å². The molecule has 0 unspecified atom stereocenters. The summed E-state index contributed by atoms with van der Waals surface area (Å²) in [5.74, 6) is -1.87. The first-order valence-corrected chi connectivity index (χ1v) is 8.25. The molecule has 0 bridgehead atoms. The molecule has 0 saturated carbocycles. The van der Waals surface area contributed by atoms with Gasteiger partial charge < -0.3 is 19.8 Å². The minimum atomic E-state index is -0.732. The quantitative estimate of drug-likeness (QED) is 0.835. The number of fused-ring (bicyclic) bond motifs is 1. The highest BCUT2D eigenvalue weighted by molar-refractivity contribution is 6.31. The van der Waals surface area contributed by atoms with Gasteiger partial charge in [0.25, 0.3) is 5.91 Å². The fraction of sp³-hybridized carbons (Fsp3) is 0.353. The maximum absolute atomic E-state index is 12.2. The van der Waals surface area contributed by atoms with Gasteiger partial charge in [-0.05, 0) is 37.1 Å². The predicted molar refractivity (Wildman–Crippen MR) is 90.0 cm³/mol. The van der Waals surface area contributed by atoms with Crippen molar-refractivity contribution in [3.8, 4) is 0 Å². The van der Waals surface area contributed by atoms with Crippen molar-refractivity contribution in [1.82, 2.24) is 4.90 Å². The number of hydrogen-bond donors (Lipinski definition) is 1. The highest BCUT2D eigenvalue weighted by atomic mass is 35.5. The van der Waals surface area contributed by atoms with Gasteiger partial charge in [-0.2, -0.15) is 0 Å². The fourth-order valence-corrected chi connectivity index (χ4v) is 3.02. The molecule has 0 spiro atoms. The zero-order chi connectivity index (χ0) is 18.0. The predicted octanol–water partition coefficient (Wildman–Crippen LogP) is 1.97. The summed E-state index contributed by atoms with van der Waals surface area (Å²) in [5.41, 5.74) is 5.79. The SMILES string of the molecule is NC(=O)[C@H]1CCCN(C(=O)COC(=O)c2cc3cc(Cl)ccc3o2)C1. The monoisotopic (exact) mass is 364 g/mol. The molecule has 7 nitrogen and oxygen atoms in total. The highest BCUT2D eigenvalue weighted by Gasteiger charge is 2.27. The van der Waals surface area contributed by atoms with Crippen molar-refractivity contribution in [3.05, 3.63) is 35.0 Å². The Labute approximate surface area is 148 Å². The molecule has 3 rings (SSSR count). The third-order valence-corrected chi connectivity index (χ3v) is 4.42. The molecular formula is C17H17ClN2O5. The van der Waals surface area contributed by atoms with Crippen LogP contribution in [0, 0.1) is 5.92 Å². The number of furan rings is 1. The molecule has 1 aliphatic rings. The molecule has 1 aromatic heterocycles. The maximum Gasteiger partial charge on any atom is 0.374 e.